The van der Waals surface area contributed by atoms with Gasteiger partial charge in [-0.2, -0.15) is 13.9 Å². The van der Waals surface area contributed by atoms with Crippen LogP contribution in [0.25, 0.3) is 10.8 Å². The van der Waals surface area contributed by atoms with Gasteiger partial charge in [-0.1, -0.05) is 42.5 Å². The zero-order chi connectivity index (χ0) is 20.2. The number of nitrogens with zero attached hydrogens (tertiary/aromatic N) is 2. The van der Waals surface area contributed by atoms with Gasteiger partial charge in [-0.15, -0.1) is 0 Å². The highest BCUT2D eigenvalue weighted by atomic mass is 19.3. The zero-order valence-corrected chi connectivity index (χ0v) is 15.3. The van der Waals surface area contributed by atoms with Crippen molar-refractivity contribution >= 4 is 22.4 Å². The van der Waals surface area contributed by atoms with Crippen LogP contribution in [0.15, 0.2) is 79.1 Å². The number of rotatable bonds is 6. The molecule has 0 radical (unpaired) electrons. The SMILES string of the molecule is O=C(Nc1cnn(Cc2cccc3ccccc23)c1)c1ccc(OC(F)F)cc1. The maximum atomic E-state index is 12.4. The topological polar surface area (TPSA) is 56.2 Å². The second kappa shape index (κ2) is 8.10. The van der Waals surface area contributed by atoms with Gasteiger partial charge in [0.25, 0.3) is 5.91 Å². The highest BCUT2D eigenvalue weighted by Crippen LogP contribution is 2.20. The summed E-state index contributed by atoms with van der Waals surface area (Å²) in [6.45, 7) is -2.33. The molecule has 0 saturated heterocycles. The van der Waals surface area contributed by atoms with E-state index in [1.165, 1.54) is 24.3 Å². The predicted molar refractivity (Wildman–Crippen MR) is 106 cm³/mol. The van der Waals surface area contributed by atoms with Gasteiger partial charge in [0, 0.05) is 11.8 Å². The fourth-order valence-corrected chi connectivity index (χ4v) is 3.11. The molecule has 1 N–H and O–H groups in total. The molecule has 1 aromatic heterocycles. The average molecular weight is 393 g/mol. The maximum Gasteiger partial charge on any atom is 0.387 e. The van der Waals surface area contributed by atoms with E-state index in [1.54, 1.807) is 17.1 Å². The molecule has 0 spiro atoms. The molecule has 5 nitrogen and oxygen atoms in total. The van der Waals surface area contributed by atoms with Gasteiger partial charge in [-0.3, -0.25) is 9.48 Å². The van der Waals surface area contributed by atoms with Crippen molar-refractivity contribution in [3.63, 3.8) is 0 Å². The monoisotopic (exact) mass is 393 g/mol. The van der Waals surface area contributed by atoms with E-state index in [0.717, 1.165) is 16.3 Å². The highest BCUT2D eigenvalue weighted by Gasteiger charge is 2.10. The lowest BCUT2D eigenvalue weighted by Crippen LogP contribution is -2.11. The molecular formula is C22H17F2N3O2. The molecule has 0 aliphatic carbocycles. The number of fused-ring (bicyclic) bond motifs is 1. The number of ether oxygens (including phenoxy) is 1. The molecule has 0 fully saturated rings. The van der Waals surface area contributed by atoms with Crippen molar-refractivity contribution in [1.82, 2.24) is 9.78 Å². The summed E-state index contributed by atoms with van der Waals surface area (Å²) in [6.07, 6.45) is 3.31. The summed E-state index contributed by atoms with van der Waals surface area (Å²) in [5.41, 5.74) is 2.00. The first-order valence-corrected chi connectivity index (χ1v) is 8.94. The van der Waals surface area contributed by atoms with Gasteiger partial charge in [-0.25, -0.2) is 0 Å². The summed E-state index contributed by atoms with van der Waals surface area (Å²) in [6, 6.07) is 19.7. The summed E-state index contributed by atoms with van der Waals surface area (Å²) < 4.78 is 30.4. The molecule has 0 bridgehead atoms. The van der Waals surface area contributed by atoms with Crippen LogP contribution in [0.4, 0.5) is 14.5 Å². The molecule has 4 rings (SSSR count). The number of nitrogens with one attached hydrogen (secondary N) is 1. The minimum absolute atomic E-state index is 0.000503. The van der Waals surface area contributed by atoms with Crippen molar-refractivity contribution in [2.75, 3.05) is 5.32 Å². The Kier molecular flexibility index (Phi) is 5.20. The number of hydrogen-bond donors (Lipinski definition) is 1. The Morgan fingerprint density at radius 1 is 1.03 bits per heavy atom. The number of halogens is 2. The van der Waals surface area contributed by atoms with E-state index in [9.17, 15) is 13.6 Å². The Balaban J connectivity index is 1.44. The second-order valence-corrected chi connectivity index (χ2v) is 6.42. The molecule has 4 aromatic rings. The van der Waals surface area contributed by atoms with Crippen LogP contribution in [0, 0.1) is 0 Å². The molecule has 29 heavy (non-hydrogen) atoms. The van der Waals surface area contributed by atoms with E-state index in [0.29, 0.717) is 17.8 Å². The second-order valence-electron chi connectivity index (χ2n) is 6.42. The summed E-state index contributed by atoms with van der Waals surface area (Å²) in [7, 11) is 0. The molecule has 7 heteroatoms. The number of carbonyl (C=O) groups excluding carboxylic acids is 1. The molecule has 0 saturated carbocycles. The van der Waals surface area contributed by atoms with Crippen molar-refractivity contribution in [2.24, 2.45) is 0 Å². The number of alkyl halides is 2. The zero-order valence-electron chi connectivity index (χ0n) is 15.3. The van der Waals surface area contributed by atoms with Gasteiger partial charge in [-0.05, 0) is 40.6 Å². The molecule has 0 aliphatic rings. The third kappa shape index (κ3) is 4.40. The molecule has 3 aromatic carbocycles. The fourth-order valence-electron chi connectivity index (χ4n) is 3.11. The minimum Gasteiger partial charge on any atom is -0.435 e. The van der Waals surface area contributed by atoms with Crippen molar-refractivity contribution in [2.45, 2.75) is 13.2 Å². The number of anilines is 1. The largest absolute Gasteiger partial charge is 0.435 e. The third-order valence-corrected chi connectivity index (χ3v) is 4.45. The lowest BCUT2D eigenvalue weighted by Gasteiger charge is -2.07. The number of hydrogen-bond acceptors (Lipinski definition) is 3. The van der Waals surface area contributed by atoms with E-state index in [-0.39, 0.29) is 11.7 Å². The molecule has 0 aliphatic heterocycles. The molecule has 146 valence electrons. The number of aromatic nitrogens is 2. The van der Waals surface area contributed by atoms with Gasteiger partial charge < -0.3 is 10.1 Å². The Bertz CT molecular complexity index is 1130. The van der Waals surface area contributed by atoms with Crippen LogP contribution in [0.2, 0.25) is 0 Å². The van der Waals surface area contributed by atoms with E-state index in [1.807, 2.05) is 24.3 Å². The van der Waals surface area contributed by atoms with Gasteiger partial charge in [0.15, 0.2) is 0 Å². The van der Waals surface area contributed by atoms with Crippen LogP contribution in [0.3, 0.4) is 0 Å². The Morgan fingerprint density at radius 3 is 2.59 bits per heavy atom. The highest BCUT2D eigenvalue weighted by molar-refractivity contribution is 6.04. The number of amides is 1. The maximum absolute atomic E-state index is 12.4. The number of carbonyl (C=O) groups is 1. The Hall–Kier alpha value is -3.74. The van der Waals surface area contributed by atoms with Crippen molar-refractivity contribution < 1.29 is 18.3 Å². The lowest BCUT2D eigenvalue weighted by atomic mass is 10.0. The first kappa shape index (κ1) is 18.6. The van der Waals surface area contributed by atoms with E-state index in [4.69, 9.17) is 0 Å². The van der Waals surface area contributed by atoms with Gasteiger partial charge >= 0.3 is 6.61 Å². The summed E-state index contributed by atoms with van der Waals surface area (Å²) in [5, 5.41) is 9.37. The summed E-state index contributed by atoms with van der Waals surface area (Å²) in [5.74, 6) is -0.363. The standard InChI is InChI=1S/C22H17F2N3O2/c23-22(24)29-19-10-8-16(9-11-19)21(28)26-18-12-25-27(14-18)13-17-6-3-5-15-4-1-2-7-20(15)17/h1-12,14,22H,13H2,(H,26,28). The normalized spacial score (nSPS) is 11.0. The van der Waals surface area contributed by atoms with Crippen LogP contribution in [0.1, 0.15) is 15.9 Å². The van der Waals surface area contributed by atoms with Gasteiger partial charge in [0.2, 0.25) is 0 Å². The van der Waals surface area contributed by atoms with Crippen LogP contribution in [-0.2, 0) is 6.54 Å². The smallest absolute Gasteiger partial charge is 0.387 e. The van der Waals surface area contributed by atoms with E-state index < -0.39 is 6.61 Å². The summed E-state index contributed by atoms with van der Waals surface area (Å²) >= 11 is 0. The first-order valence-electron chi connectivity index (χ1n) is 8.94. The van der Waals surface area contributed by atoms with Crippen LogP contribution >= 0.6 is 0 Å². The van der Waals surface area contributed by atoms with Crippen LogP contribution in [-0.4, -0.2) is 22.3 Å². The summed E-state index contributed by atoms with van der Waals surface area (Å²) in [4.78, 5) is 12.4. The molecular weight excluding hydrogens is 376 g/mol. The molecule has 1 heterocycles. The van der Waals surface area contributed by atoms with Crippen LogP contribution < -0.4 is 10.1 Å². The molecule has 0 atom stereocenters. The average Bonchev–Trinajstić information content (AvgIpc) is 3.15. The Morgan fingerprint density at radius 2 is 1.79 bits per heavy atom. The van der Waals surface area contributed by atoms with Crippen molar-refractivity contribution in [1.29, 1.82) is 0 Å². The van der Waals surface area contributed by atoms with Gasteiger partial charge in [0.05, 0.1) is 18.4 Å². The predicted octanol–water partition coefficient (Wildman–Crippen LogP) is 4.94. The molecule has 0 unspecified atom stereocenters. The van der Waals surface area contributed by atoms with Crippen molar-refractivity contribution in [3.8, 4) is 5.75 Å². The number of benzene rings is 3. The van der Waals surface area contributed by atoms with Crippen molar-refractivity contribution in [3.05, 3.63) is 90.3 Å². The van der Waals surface area contributed by atoms with Gasteiger partial charge in [0.1, 0.15) is 5.75 Å². The third-order valence-electron chi connectivity index (χ3n) is 4.45. The van der Waals surface area contributed by atoms with E-state index in [2.05, 4.69) is 33.4 Å². The quantitative estimate of drug-likeness (QED) is 0.505. The fraction of sp³-hybridized carbons (Fsp3) is 0.0909. The lowest BCUT2D eigenvalue weighted by molar-refractivity contribution is -0.0498. The first-order chi connectivity index (χ1) is 14.1. The Labute approximate surface area is 165 Å². The molecule has 1 amide bonds. The van der Waals surface area contributed by atoms with Crippen LogP contribution in [0.5, 0.6) is 5.75 Å². The minimum atomic E-state index is -2.90. The van der Waals surface area contributed by atoms with E-state index >= 15 is 0 Å².